The minimum absolute atomic E-state index is 0. The molecule has 21 heavy (non-hydrogen) atoms. The lowest BCUT2D eigenvalue weighted by Crippen LogP contribution is -3.00. The lowest BCUT2D eigenvalue weighted by Gasteiger charge is -2.28. The van der Waals surface area contributed by atoms with Crippen LogP contribution in [0.1, 0.15) is 58.8 Å². The van der Waals surface area contributed by atoms with E-state index in [0.29, 0.717) is 13.2 Å². The fourth-order valence-corrected chi connectivity index (χ4v) is 5.57. The van der Waals surface area contributed by atoms with Gasteiger partial charge in [0.15, 0.2) is 0 Å². The lowest BCUT2D eigenvalue weighted by atomic mass is 10.0. The Labute approximate surface area is 146 Å². The average molecular weight is 430 g/mol. The molecule has 0 aromatic carbocycles. The van der Waals surface area contributed by atoms with E-state index in [2.05, 4.69) is 6.92 Å². The second-order valence-corrected chi connectivity index (χ2v) is 9.15. The topological polar surface area (TPSA) is 52.6 Å². The van der Waals surface area contributed by atoms with Crippen molar-refractivity contribution in [3.8, 4) is 0 Å². The molecule has 1 rings (SSSR count). The molecule has 6 heteroatoms. The molecular formula is C15H28IO4P. The Morgan fingerprint density at radius 3 is 2.14 bits per heavy atom. The zero-order valence-corrected chi connectivity index (χ0v) is 16.5. The number of carbonyl (C=O) groups excluding carboxylic acids is 2. The third kappa shape index (κ3) is 5.66. The van der Waals surface area contributed by atoms with Gasteiger partial charge in [0.1, 0.15) is 0 Å². The number of halogens is 1. The molecule has 1 saturated carbocycles. The van der Waals surface area contributed by atoms with Gasteiger partial charge >= 0.3 is 11.4 Å². The molecule has 0 amide bonds. The Balaban J connectivity index is 0.00000400. The van der Waals surface area contributed by atoms with E-state index in [0.717, 1.165) is 38.5 Å². The minimum atomic E-state index is -2.51. The Hall–Kier alpha value is 0.1000. The van der Waals surface area contributed by atoms with Crippen LogP contribution in [-0.2, 0) is 9.47 Å². The molecule has 0 saturated heterocycles. The number of rotatable bonds is 7. The molecule has 0 radical (unpaired) electrons. The van der Waals surface area contributed by atoms with E-state index >= 15 is 0 Å². The van der Waals surface area contributed by atoms with Gasteiger partial charge in [0.2, 0.25) is 7.26 Å². The Bertz CT molecular complexity index is 332. The predicted octanol–water partition coefficient (Wildman–Crippen LogP) is 2.06. The third-order valence-corrected chi connectivity index (χ3v) is 7.81. The molecule has 1 unspecified atom stereocenters. The molecule has 0 N–H and O–H groups in total. The number of ether oxygens (including phenoxy) is 2. The van der Waals surface area contributed by atoms with Gasteiger partial charge in [-0.1, -0.05) is 19.8 Å². The molecule has 0 aromatic heterocycles. The van der Waals surface area contributed by atoms with E-state index in [1.54, 1.807) is 6.92 Å². The monoisotopic (exact) mass is 430 g/mol. The van der Waals surface area contributed by atoms with E-state index in [1.807, 2.05) is 6.66 Å². The summed E-state index contributed by atoms with van der Waals surface area (Å²) in [7, 11) is -2.51. The number of hydrogen-bond donors (Lipinski definition) is 0. The van der Waals surface area contributed by atoms with Crippen LogP contribution in [0.15, 0.2) is 0 Å². The van der Waals surface area contributed by atoms with Gasteiger partial charge in [-0.2, -0.15) is 0 Å². The smallest absolute Gasteiger partial charge is 0.463 e. The first-order valence-electron chi connectivity index (χ1n) is 7.78. The fourth-order valence-electron chi connectivity index (χ4n) is 2.67. The highest BCUT2D eigenvalue weighted by Crippen LogP contribution is 2.66. The molecule has 1 fully saturated rings. The maximum Gasteiger partial charge on any atom is 0.463 e. The SMILES string of the molecule is CCCCOC(=O)[P+](C)(C(=O)OCC)C1CCCCC1.[I-]. The van der Waals surface area contributed by atoms with Crippen LogP contribution in [0.25, 0.3) is 0 Å². The summed E-state index contributed by atoms with van der Waals surface area (Å²) >= 11 is 0. The van der Waals surface area contributed by atoms with E-state index in [9.17, 15) is 9.59 Å². The Morgan fingerprint density at radius 1 is 1.05 bits per heavy atom. The summed E-state index contributed by atoms with van der Waals surface area (Å²) in [6.45, 7) is 6.38. The van der Waals surface area contributed by atoms with E-state index in [-0.39, 0.29) is 41.1 Å². The summed E-state index contributed by atoms with van der Waals surface area (Å²) in [5.41, 5.74) is -0.450. The third-order valence-electron chi connectivity index (χ3n) is 4.05. The Kier molecular flexibility index (Phi) is 10.8. The van der Waals surface area contributed by atoms with Crippen LogP contribution in [0.5, 0.6) is 0 Å². The molecule has 0 aliphatic heterocycles. The van der Waals surface area contributed by atoms with Gasteiger partial charge in [-0.15, -0.1) is 0 Å². The normalized spacial score (nSPS) is 18.2. The summed E-state index contributed by atoms with van der Waals surface area (Å²) < 4.78 is 10.6. The van der Waals surface area contributed by atoms with Crippen molar-refractivity contribution in [2.45, 2.75) is 64.5 Å². The highest BCUT2D eigenvalue weighted by molar-refractivity contribution is 8.03. The van der Waals surface area contributed by atoms with Crippen LogP contribution >= 0.6 is 7.26 Å². The van der Waals surface area contributed by atoms with Gasteiger partial charge in [-0.05, 0) is 39.0 Å². The second-order valence-electron chi connectivity index (χ2n) is 5.53. The summed E-state index contributed by atoms with van der Waals surface area (Å²) in [5, 5.41) is 0. The minimum Gasteiger partial charge on any atom is -1.00 e. The summed E-state index contributed by atoms with van der Waals surface area (Å²) in [6.07, 6.45) is 7.12. The largest absolute Gasteiger partial charge is 1.00 e. The molecular weight excluding hydrogens is 402 g/mol. The molecule has 0 aromatic rings. The van der Waals surface area contributed by atoms with Crippen molar-refractivity contribution in [1.29, 1.82) is 0 Å². The van der Waals surface area contributed by atoms with Gasteiger partial charge in [0, 0.05) is 0 Å². The molecule has 1 aliphatic rings. The first kappa shape index (κ1) is 21.1. The maximum absolute atomic E-state index is 12.5. The quantitative estimate of drug-likeness (QED) is 0.353. The van der Waals surface area contributed by atoms with Crippen LogP contribution in [0.2, 0.25) is 0 Å². The average Bonchev–Trinajstić information content (AvgIpc) is 2.47. The van der Waals surface area contributed by atoms with E-state index < -0.39 is 7.26 Å². The van der Waals surface area contributed by atoms with E-state index in [1.165, 1.54) is 6.42 Å². The molecule has 4 nitrogen and oxygen atoms in total. The predicted molar refractivity (Wildman–Crippen MR) is 83.0 cm³/mol. The van der Waals surface area contributed by atoms with Crippen molar-refractivity contribution in [3.63, 3.8) is 0 Å². The van der Waals surface area contributed by atoms with Gasteiger partial charge in [-0.25, -0.2) is 9.59 Å². The second kappa shape index (κ2) is 10.8. The molecule has 0 spiro atoms. The first-order valence-corrected chi connectivity index (χ1v) is 10.1. The molecule has 124 valence electrons. The maximum atomic E-state index is 12.5. The zero-order valence-electron chi connectivity index (χ0n) is 13.4. The molecule has 0 heterocycles. The van der Waals surface area contributed by atoms with Gasteiger partial charge in [-0.3, -0.25) is 0 Å². The first-order chi connectivity index (χ1) is 9.57. The van der Waals surface area contributed by atoms with Crippen molar-refractivity contribution >= 4 is 18.7 Å². The number of hydrogen-bond acceptors (Lipinski definition) is 4. The van der Waals surface area contributed by atoms with Crippen molar-refractivity contribution in [2.24, 2.45) is 0 Å². The van der Waals surface area contributed by atoms with Crippen LogP contribution < -0.4 is 24.0 Å². The van der Waals surface area contributed by atoms with Crippen molar-refractivity contribution in [2.75, 3.05) is 19.9 Å². The van der Waals surface area contributed by atoms with Gasteiger partial charge < -0.3 is 33.5 Å². The van der Waals surface area contributed by atoms with Crippen LogP contribution in [-0.4, -0.2) is 37.0 Å². The summed E-state index contributed by atoms with van der Waals surface area (Å²) in [6, 6.07) is 0. The van der Waals surface area contributed by atoms with Gasteiger partial charge in [0.05, 0.1) is 25.5 Å². The van der Waals surface area contributed by atoms with E-state index in [4.69, 9.17) is 9.47 Å². The molecule has 1 atom stereocenters. The van der Waals surface area contributed by atoms with Crippen LogP contribution in [0.4, 0.5) is 9.59 Å². The molecule has 0 bridgehead atoms. The molecule has 1 aliphatic carbocycles. The van der Waals surface area contributed by atoms with Crippen LogP contribution in [0.3, 0.4) is 0 Å². The fraction of sp³-hybridized carbons (Fsp3) is 0.867. The van der Waals surface area contributed by atoms with Crippen molar-refractivity contribution < 1.29 is 43.0 Å². The number of unbranched alkanes of at least 4 members (excludes halogenated alkanes) is 1. The van der Waals surface area contributed by atoms with Crippen molar-refractivity contribution in [1.82, 2.24) is 0 Å². The van der Waals surface area contributed by atoms with Crippen molar-refractivity contribution in [3.05, 3.63) is 0 Å². The highest BCUT2D eigenvalue weighted by atomic mass is 127. The lowest BCUT2D eigenvalue weighted by molar-refractivity contribution is -0.0000142. The number of carbonyl (C=O) groups is 2. The highest BCUT2D eigenvalue weighted by Gasteiger charge is 2.59. The van der Waals surface area contributed by atoms with Crippen LogP contribution in [0, 0.1) is 0 Å². The van der Waals surface area contributed by atoms with Gasteiger partial charge in [0.25, 0.3) is 0 Å². The summed E-state index contributed by atoms with van der Waals surface area (Å²) in [4.78, 5) is 24.8. The Morgan fingerprint density at radius 2 is 1.62 bits per heavy atom. The summed E-state index contributed by atoms with van der Waals surface area (Å²) in [5.74, 6) is 0. The zero-order chi connectivity index (χ0) is 15.0. The standard InChI is InChI=1S/C15H28O4P.HI/c1-4-6-12-19-15(17)20(3,14(16)18-5-2)13-10-8-7-9-11-13;/h13H,4-12H2,1-3H3;1H/q+1;/p-1.